The van der Waals surface area contributed by atoms with Gasteiger partial charge in [-0.2, -0.15) is 0 Å². The van der Waals surface area contributed by atoms with Crippen LogP contribution in [0.4, 0.5) is 15.2 Å². The van der Waals surface area contributed by atoms with E-state index in [2.05, 4.69) is 21.7 Å². The second-order valence-electron chi connectivity index (χ2n) is 7.60. The Balaban J connectivity index is 1.42. The number of hydrogen-bond acceptors (Lipinski definition) is 5. The Morgan fingerprint density at radius 2 is 2.10 bits per heavy atom. The van der Waals surface area contributed by atoms with Crippen LogP contribution in [-0.4, -0.2) is 23.5 Å². The number of nitrogens with two attached hydrogens (primary N) is 1. The van der Waals surface area contributed by atoms with Crippen LogP contribution in [0.25, 0.3) is 10.4 Å². The maximum atomic E-state index is 12.8. The summed E-state index contributed by atoms with van der Waals surface area (Å²) in [6.45, 7) is 2.05. The van der Waals surface area contributed by atoms with Gasteiger partial charge in [-0.05, 0) is 41.3 Å². The molecule has 3 aromatic rings. The fourth-order valence-corrected chi connectivity index (χ4v) is 4.56. The monoisotopic (exact) mass is 436 g/mol. The highest BCUT2D eigenvalue weighted by Crippen LogP contribution is 2.33. The summed E-state index contributed by atoms with van der Waals surface area (Å²) >= 11 is 1.56. The number of fused-ring (bicyclic) bond motifs is 1. The summed E-state index contributed by atoms with van der Waals surface area (Å²) in [5.74, 6) is 0.0511. The molecule has 0 bridgehead atoms. The van der Waals surface area contributed by atoms with Crippen LogP contribution in [0.5, 0.6) is 0 Å². The number of allylic oxidation sites excluding steroid dienone is 1. The molecule has 2 heterocycles. The van der Waals surface area contributed by atoms with Gasteiger partial charge in [-0.3, -0.25) is 4.79 Å². The number of nitrogens with zero attached hydrogens (tertiary/aromatic N) is 1. The van der Waals surface area contributed by atoms with E-state index in [-0.39, 0.29) is 17.9 Å². The number of anilines is 2. The molecular weight excluding hydrogens is 411 g/mol. The lowest BCUT2D eigenvalue weighted by molar-refractivity contribution is -0.115. The second kappa shape index (κ2) is 9.41. The summed E-state index contributed by atoms with van der Waals surface area (Å²) in [6.07, 6.45) is 6.32. The van der Waals surface area contributed by atoms with Crippen LogP contribution in [0.1, 0.15) is 29.5 Å². The van der Waals surface area contributed by atoms with Gasteiger partial charge in [0.2, 0.25) is 5.91 Å². The van der Waals surface area contributed by atoms with Gasteiger partial charge in [-0.15, -0.1) is 0 Å². The number of nitrogens with one attached hydrogen (secondary N) is 2. The minimum atomic E-state index is -0.467. The second-order valence-corrected chi connectivity index (χ2v) is 8.63. The number of benzene rings is 2. The van der Waals surface area contributed by atoms with E-state index in [1.165, 1.54) is 0 Å². The number of amides is 1. The molecule has 0 saturated carbocycles. The van der Waals surface area contributed by atoms with Crippen LogP contribution in [0.15, 0.2) is 60.8 Å². The summed E-state index contributed by atoms with van der Waals surface area (Å²) in [4.78, 5) is 17.1. The van der Waals surface area contributed by atoms with Crippen LogP contribution in [0.3, 0.4) is 0 Å². The zero-order valence-electron chi connectivity index (χ0n) is 17.3. The molecule has 7 heteroatoms. The van der Waals surface area contributed by atoms with Crippen molar-refractivity contribution in [3.8, 4) is 10.4 Å². The lowest BCUT2D eigenvalue weighted by atomic mass is 9.91. The van der Waals surface area contributed by atoms with E-state index in [0.717, 1.165) is 32.4 Å². The number of alkyl halides is 1. The van der Waals surface area contributed by atoms with E-state index >= 15 is 0 Å². The largest absolute Gasteiger partial charge is 0.360 e. The molecule has 160 valence electrons. The quantitative estimate of drug-likeness (QED) is 0.440. The fourth-order valence-electron chi connectivity index (χ4n) is 3.74. The molecule has 1 aliphatic rings. The van der Waals surface area contributed by atoms with Crippen molar-refractivity contribution in [2.45, 2.75) is 32.0 Å². The van der Waals surface area contributed by atoms with Crippen LogP contribution in [0.2, 0.25) is 0 Å². The van der Waals surface area contributed by atoms with E-state index in [0.29, 0.717) is 18.5 Å². The van der Waals surface area contributed by atoms with Gasteiger partial charge in [0.05, 0.1) is 11.3 Å². The van der Waals surface area contributed by atoms with Gasteiger partial charge in [0.15, 0.2) is 5.13 Å². The summed E-state index contributed by atoms with van der Waals surface area (Å²) in [6, 6.07) is 13.3. The number of carbonyl (C=O) groups is 1. The Morgan fingerprint density at radius 1 is 1.29 bits per heavy atom. The zero-order chi connectivity index (χ0) is 21.8. The van der Waals surface area contributed by atoms with Crippen molar-refractivity contribution in [1.29, 1.82) is 0 Å². The molecule has 1 amide bonds. The smallest absolute Gasteiger partial charge is 0.228 e. The minimum absolute atomic E-state index is 0.0207. The number of aromatic nitrogens is 1. The van der Waals surface area contributed by atoms with E-state index < -0.39 is 6.67 Å². The van der Waals surface area contributed by atoms with E-state index in [1.54, 1.807) is 23.5 Å². The van der Waals surface area contributed by atoms with Crippen LogP contribution < -0.4 is 16.4 Å². The van der Waals surface area contributed by atoms with Crippen LogP contribution in [0, 0.1) is 0 Å². The molecule has 1 aromatic heterocycles. The molecule has 0 saturated heterocycles. The van der Waals surface area contributed by atoms with E-state index in [9.17, 15) is 9.18 Å². The van der Waals surface area contributed by atoms with Gasteiger partial charge in [0.1, 0.15) is 6.67 Å². The molecule has 1 aliphatic heterocycles. The van der Waals surface area contributed by atoms with E-state index in [4.69, 9.17) is 5.73 Å². The van der Waals surface area contributed by atoms with Gasteiger partial charge < -0.3 is 16.4 Å². The minimum Gasteiger partial charge on any atom is -0.360 e. The molecule has 2 aromatic carbocycles. The molecular formula is C24H25FN4OS. The van der Waals surface area contributed by atoms with Gasteiger partial charge >= 0.3 is 0 Å². The Labute approximate surface area is 185 Å². The Hall–Kier alpha value is -3.03. The first kappa shape index (κ1) is 21.2. The lowest BCUT2D eigenvalue weighted by Crippen LogP contribution is -2.34. The van der Waals surface area contributed by atoms with Crippen molar-refractivity contribution in [1.82, 2.24) is 4.98 Å². The topological polar surface area (TPSA) is 80.0 Å². The predicted molar refractivity (Wildman–Crippen MR) is 125 cm³/mol. The molecule has 2 atom stereocenters. The molecule has 0 unspecified atom stereocenters. The highest BCUT2D eigenvalue weighted by molar-refractivity contribution is 7.18. The molecule has 0 aliphatic carbocycles. The lowest BCUT2D eigenvalue weighted by Gasteiger charge is -2.22. The predicted octanol–water partition coefficient (Wildman–Crippen LogP) is 4.87. The molecule has 31 heavy (non-hydrogen) atoms. The highest BCUT2D eigenvalue weighted by Gasteiger charge is 2.19. The Kier molecular flexibility index (Phi) is 6.44. The number of rotatable bonds is 8. The van der Waals surface area contributed by atoms with Crippen molar-refractivity contribution in [2.24, 2.45) is 5.73 Å². The molecule has 5 nitrogen and oxygen atoms in total. The number of hydrogen-bond donors (Lipinski definition) is 3. The third-order valence-corrected chi connectivity index (χ3v) is 6.39. The third-order valence-electron chi connectivity index (χ3n) is 5.39. The maximum absolute atomic E-state index is 12.8. The summed E-state index contributed by atoms with van der Waals surface area (Å²) in [5.41, 5.74) is 11.2. The van der Waals surface area contributed by atoms with Gasteiger partial charge in [-0.1, -0.05) is 53.8 Å². The van der Waals surface area contributed by atoms with Crippen LogP contribution in [-0.2, 0) is 17.9 Å². The molecule has 0 radical (unpaired) electrons. The average molecular weight is 437 g/mol. The summed E-state index contributed by atoms with van der Waals surface area (Å²) < 4.78 is 12.8. The number of thiazole rings is 1. The highest BCUT2D eigenvalue weighted by atomic mass is 32.1. The molecule has 0 spiro atoms. The van der Waals surface area contributed by atoms with Crippen molar-refractivity contribution >= 4 is 28.1 Å². The number of carbonyl (C=O) groups excluding carboxylic acids is 1. The maximum Gasteiger partial charge on any atom is 0.228 e. The SMILES string of the molecule is C/C=C/[C@@H](c1ccc(CF)cc1)[C@H](N)CNc1ncc(-c2ccc3c(c2)CC(=O)N3)s1. The standard InChI is InChI=1S/C24H25FN4OS/c1-2-3-19(16-6-4-15(12-25)5-7-16)20(26)13-27-24-28-14-22(31-24)17-8-9-21-18(10-17)11-23(30)29-21/h2-10,14,19-20H,11-13,26H2,1H3,(H,27,28)(H,29,30)/b3-2+/t19-,20+/m0/s1. The Morgan fingerprint density at radius 3 is 2.84 bits per heavy atom. The van der Waals surface area contributed by atoms with Crippen molar-refractivity contribution in [3.05, 3.63) is 77.5 Å². The van der Waals surface area contributed by atoms with Crippen LogP contribution >= 0.6 is 11.3 Å². The first-order valence-electron chi connectivity index (χ1n) is 10.2. The number of halogens is 1. The van der Waals surface area contributed by atoms with Crippen molar-refractivity contribution in [2.75, 3.05) is 17.2 Å². The van der Waals surface area contributed by atoms with E-state index in [1.807, 2.05) is 49.5 Å². The normalized spacial score (nSPS) is 15.0. The first-order chi connectivity index (χ1) is 15.1. The molecule has 4 N–H and O–H groups in total. The molecule has 4 rings (SSSR count). The third kappa shape index (κ3) is 4.84. The van der Waals surface area contributed by atoms with Gasteiger partial charge in [0.25, 0.3) is 0 Å². The Bertz CT molecular complexity index is 1090. The van der Waals surface area contributed by atoms with Gasteiger partial charge in [-0.25, -0.2) is 9.37 Å². The fraction of sp³-hybridized carbons (Fsp3) is 0.250. The molecule has 0 fully saturated rings. The first-order valence-corrected chi connectivity index (χ1v) is 11.0. The zero-order valence-corrected chi connectivity index (χ0v) is 18.1. The van der Waals surface area contributed by atoms with Gasteiger partial charge in [0, 0.05) is 30.4 Å². The van der Waals surface area contributed by atoms with Crippen molar-refractivity contribution in [3.63, 3.8) is 0 Å². The summed E-state index contributed by atoms with van der Waals surface area (Å²) in [7, 11) is 0. The summed E-state index contributed by atoms with van der Waals surface area (Å²) in [5, 5.41) is 7.00. The van der Waals surface area contributed by atoms with Crippen molar-refractivity contribution < 1.29 is 9.18 Å². The average Bonchev–Trinajstić information content (AvgIpc) is 3.41.